The Morgan fingerprint density at radius 1 is 0.964 bits per heavy atom. The van der Waals surface area contributed by atoms with Crippen LogP contribution in [0.3, 0.4) is 0 Å². The minimum Gasteiger partial charge on any atom is -0.353 e. The topological polar surface area (TPSA) is 113 Å². The van der Waals surface area contributed by atoms with Crippen molar-refractivity contribution in [2.24, 2.45) is 0 Å². The Bertz CT molecular complexity index is 946. The maximum absolute atomic E-state index is 11.8. The molecule has 28 heavy (non-hydrogen) atoms. The minimum absolute atomic E-state index is 0.141. The van der Waals surface area contributed by atoms with E-state index in [1.165, 1.54) is 6.33 Å². The lowest BCUT2D eigenvalue weighted by atomic mass is 10.2. The summed E-state index contributed by atoms with van der Waals surface area (Å²) in [4.78, 5) is 32.1. The molecule has 1 saturated heterocycles. The molecule has 1 aliphatic heterocycles. The molecule has 0 saturated carbocycles. The summed E-state index contributed by atoms with van der Waals surface area (Å²) in [5, 5.41) is 14.7. The van der Waals surface area contributed by atoms with Crippen molar-refractivity contribution in [3.8, 4) is 0 Å². The van der Waals surface area contributed by atoms with Gasteiger partial charge in [0.2, 0.25) is 11.6 Å². The van der Waals surface area contributed by atoms with Crippen LogP contribution in [0.1, 0.15) is 0 Å². The second kappa shape index (κ2) is 7.82. The van der Waals surface area contributed by atoms with Crippen molar-refractivity contribution in [1.82, 2.24) is 19.9 Å². The standard InChI is InChI=1S/C18H18N8O2/c27-26(28)16-17(23-14-4-3-6-19-12-14)21-13-22-18(16)25-10-8-24(9-11-25)15-5-1-2-7-20-15/h1-7,12-13H,8-11H2,(H,21,22,23). The lowest BCUT2D eigenvalue weighted by Crippen LogP contribution is -2.47. The van der Waals surface area contributed by atoms with Crippen LogP contribution in [0.25, 0.3) is 0 Å². The summed E-state index contributed by atoms with van der Waals surface area (Å²) in [5.41, 5.74) is 0.480. The smallest absolute Gasteiger partial charge is 0.353 e. The largest absolute Gasteiger partial charge is 0.353 e. The van der Waals surface area contributed by atoms with Crippen LogP contribution in [0.2, 0.25) is 0 Å². The van der Waals surface area contributed by atoms with Crippen LogP contribution in [-0.2, 0) is 0 Å². The first kappa shape index (κ1) is 17.6. The van der Waals surface area contributed by atoms with Gasteiger partial charge in [-0.05, 0) is 24.3 Å². The number of nitrogens with zero attached hydrogens (tertiary/aromatic N) is 7. The van der Waals surface area contributed by atoms with Crippen molar-refractivity contribution in [1.29, 1.82) is 0 Å². The fourth-order valence-corrected chi connectivity index (χ4v) is 3.12. The number of aromatic nitrogens is 4. The zero-order chi connectivity index (χ0) is 19.3. The summed E-state index contributed by atoms with van der Waals surface area (Å²) in [6, 6.07) is 9.29. The summed E-state index contributed by atoms with van der Waals surface area (Å²) in [6.45, 7) is 2.59. The number of anilines is 4. The predicted octanol–water partition coefficient (Wildman–Crippen LogP) is 2.25. The van der Waals surface area contributed by atoms with E-state index in [-0.39, 0.29) is 11.5 Å². The third kappa shape index (κ3) is 3.65. The van der Waals surface area contributed by atoms with Crippen LogP contribution in [-0.4, -0.2) is 51.0 Å². The van der Waals surface area contributed by atoms with Gasteiger partial charge in [-0.25, -0.2) is 15.0 Å². The molecule has 1 fully saturated rings. The first-order valence-electron chi connectivity index (χ1n) is 8.80. The average Bonchev–Trinajstić information content (AvgIpc) is 2.75. The highest BCUT2D eigenvalue weighted by Gasteiger charge is 2.29. The molecule has 0 bridgehead atoms. The minimum atomic E-state index is -0.445. The highest BCUT2D eigenvalue weighted by Crippen LogP contribution is 2.34. The summed E-state index contributed by atoms with van der Waals surface area (Å²) in [5.74, 6) is 1.36. The van der Waals surface area contributed by atoms with Crippen LogP contribution in [0.15, 0.2) is 55.2 Å². The fourth-order valence-electron chi connectivity index (χ4n) is 3.12. The number of nitro groups is 1. The molecule has 142 valence electrons. The van der Waals surface area contributed by atoms with E-state index in [1.807, 2.05) is 23.1 Å². The van der Waals surface area contributed by atoms with E-state index in [1.54, 1.807) is 30.7 Å². The molecule has 0 atom stereocenters. The van der Waals surface area contributed by atoms with Crippen molar-refractivity contribution >= 4 is 28.8 Å². The molecule has 0 radical (unpaired) electrons. The van der Waals surface area contributed by atoms with E-state index in [4.69, 9.17) is 0 Å². The number of hydrogen-bond donors (Lipinski definition) is 1. The molecule has 4 heterocycles. The van der Waals surface area contributed by atoms with Gasteiger partial charge in [0.25, 0.3) is 0 Å². The Morgan fingerprint density at radius 2 is 1.79 bits per heavy atom. The highest BCUT2D eigenvalue weighted by atomic mass is 16.6. The molecule has 1 aliphatic rings. The van der Waals surface area contributed by atoms with Crippen LogP contribution >= 0.6 is 0 Å². The molecule has 0 aromatic carbocycles. The molecule has 10 nitrogen and oxygen atoms in total. The second-order valence-electron chi connectivity index (χ2n) is 6.18. The van der Waals surface area contributed by atoms with Crippen molar-refractivity contribution in [2.45, 2.75) is 0 Å². The molecular weight excluding hydrogens is 360 g/mol. The molecule has 0 aliphatic carbocycles. The first-order valence-corrected chi connectivity index (χ1v) is 8.80. The zero-order valence-corrected chi connectivity index (χ0v) is 15.0. The molecule has 0 amide bonds. The van der Waals surface area contributed by atoms with Gasteiger partial charge in [0.05, 0.1) is 16.8 Å². The van der Waals surface area contributed by atoms with E-state index in [2.05, 4.69) is 30.2 Å². The summed E-state index contributed by atoms with van der Waals surface area (Å²) >= 11 is 0. The molecule has 0 spiro atoms. The Kier molecular flexibility index (Phi) is 4.91. The summed E-state index contributed by atoms with van der Waals surface area (Å²) in [6.07, 6.45) is 6.31. The van der Waals surface area contributed by atoms with Crippen molar-refractivity contribution < 1.29 is 4.92 Å². The van der Waals surface area contributed by atoms with Gasteiger partial charge in [-0.3, -0.25) is 15.1 Å². The van der Waals surface area contributed by atoms with Gasteiger partial charge in [0, 0.05) is 38.6 Å². The van der Waals surface area contributed by atoms with Crippen molar-refractivity contribution in [2.75, 3.05) is 41.3 Å². The van der Waals surface area contributed by atoms with Gasteiger partial charge >= 0.3 is 5.69 Å². The first-order chi connectivity index (χ1) is 13.7. The van der Waals surface area contributed by atoms with Gasteiger partial charge in [-0.2, -0.15) is 0 Å². The average molecular weight is 378 g/mol. The van der Waals surface area contributed by atoms with Gasteiger partial charge in [-0.1, -0.05) is 6.07 Å². The van der Waals surface area contributed by atoms with Crippen LogP contribution in [0.5, 0.6) is 0 Å². The quantitative estimate of drug-likeness (QED) is 0.527. The normalized spacial score (nSPS) is 14.0. The van der Waals surface area contributed by atoms with E-state index >= 15 is 0 Å². The number of hydrogen-bond acceptors (Lipinski definition) is 9. The van der Waals surface area contributed by atoms with Gasteiger partial charge in [-0.15, -0.1) is 0 Å². The van der Waals surface area contributed by atoms with E-state index in [9.17, 15) is 10.1 Å². The van der Waals surface area contributed by atoms with E-state index in [0.29, 0.717) is 37.7 Å². The number of piperazine rings is 1. The third-order valence-electron chi connectivity index (χ3n) is 4.46. The molecule has 10 heteroatoms. The third-order valence-corrected chi connectivity index (χ3v) is 4.46. The van der Waals surface area contributed by atoms with Gasteiger partial charge in [0.15, 0.2) is 0 Å². The Hall–Kier alpha value is -3.82. The van der Waals surface area contributed by atoms with E-state index < -0.39 is 4.92 Å². The monoisotopic (exact) mass is 378 g/mol. The lowest BCUT2D eigenvalue weighted by Gasteiger charge is -2.35. The van der Waals surface area contributed by atoms with Gasteiger partial charge in [0.1, 0.15) is 12.1 Å². The number of nitrogens with one attached hydrogen (secondary N) is 1. The summed E-state index contributed by atoms with van der Waals surface area (Å²) in [7, 11) is 0. The molecule has 1 N–H and O–H groups in total. The fraction of sp³-hybridized carbons (Fsp3) is 0.222. The van der Waals surface area contributed by atoms with Crippen LogP contribution in [0.4, 0.5) is 28.8 Å². The maximum Gasteiger partial charge on any atom is 0.353 e. The Balaban J connectivity index is 1.56. The molecule has 3 aromatic rings. The second-order valence-corrected chi connectivity index (χ2v) is 6.18. The van der Waals surface area contributed by atoms with E-state index in [0.717, 1.165) is 5.82 Å². The van der Waals surface area contributed by atoms with Crippen molar-refractivity contribution in [3.05, 3.63) is 65.4 Å². The van der Waals surface area contributed by atoms with Crippen LogP contribution < -0.4 is 15.1 Å². The molecule has 3 aromatic heterocycles. The number of pyridine rings is 2. The maximum atomic E-state index is 11.8. The van der Waals surface area contributed by atoms with Gasteiger partial charge < -0.3 is 15.1 Å². The molecule has 4 rings (SSSR count). The Labute approximate surface area is 161 Å². The lowest BCUT2D eigenvalue weighted by molar-refractivity contribution is -0.383. The van der Waals surface area contributed by atoms with Crippen molar-refractivity contribution in [3.63, 3.8) is 0 Å². The summed E-state index contributed by atoms with van der Waals surface area (Å²) < 4.78 is 0. The van der Waals surface area contributed by atoms with Crippen LogP contribution in [0, 0.1) is 10.1 Å². The SMILES string of the molecule is O=[N+]([O-])c1c(Nc2cccnc2)ncnc1N1CCN(c2ccccn2)CC1. The molecular formula is C18H18N8O2. The Morgan fingerprint density at radius 3 is 2.46 bits per heavy atom. The zero-order valence-electron chi connectivity index (χ0n) is 15.0. The highest BCUT2D eigenvalue weighted by molar-refractivity contribution is 5.74. The predicted molar refractivity (Wildman–Crippen MR) is 105 cm³/mol. The molecule has 0 unspecified atom stereocenters. The number of rotatable bonds is 5.